The zero-order chi connectivity index (χ0) is 17.1. The highest BCUT2D eigenvalue weighted by molar-refractivity contribution is 5.99. The van der Waals surface area contributed by atoms with Crippen LogP contribution >= 0.6 is 0 Å². The Labute approximate surface area is 138 Å². The maximum atomic E-state index is 13.0. The molecule has 1 saturated heterocycles. The molecule has 1 aliphatic heterocycles. The third-order valence-electron chi connectivity index (χ3n) is 4.00. The average molecular weight is 328 g/mol. The Morgan fingerprint density at radius 3 is 2.79 bits per heavy atom. The van der Waals surface area contributed by atoms with Crippen LogP contribution in [0.15, 0.2) is 42.7 Å². The number of hydrogen-bond donors (Lipinski definition) is 2. The van der Waals surface area contributed by atoms with E-state index in [0.717, 1.165) is 5.56 Å². The molecule has 0 spiro atoms. The topological polar surface area (TPSA) is 88.3 Å². The van der Waals surface area contributed by atoms with E-state index in [1.54, 1.807) is 23.1 Å². The molecule has 2 aromatic rings. The van der Waals surface area contributed by atoms with E-state index < -0.39 is 11.9 Å². The second-order valence-corrected chi connectivity index (χ2v) is 5.66. The number of benzene rings is 1. The van der Waals surface area contributed by atoms with Crippen molar-refractivity contribution in [3.05, 3.63) is 59.7 Å². The zero-order valence-corrected chi connectivity index (χ0v) is 12.9. The number of rotatable bonds is 5. The highest BCUT2D eigenvalue weighted by Gasteiger charge is 2.32. The van der Waals surface area contributed by atoms with Gasteiger partial charge in [0.1, 0.15) is 11.9 Å². The van der Waals surface area contributed by atoms with Gasteiger partial charge < -0.3 is 16.0 Å². The lowest BCUT2D eigenvalue weighted by Gasteiger charge is -2.18. The number of carbonyl (C=O) groups excluding carboxylic acids is 2. The molecule has 1 aromatic carbocycles. The van der Waals surface area contributed by atoms with E-state index in [-0.39, 0.29) is 17.3 Å². The number of amides is 2. The molecule has 3 rings (SSSR count). The van der Waals surface area contributed by atoms with Crippen molar-refractivity contribution in [1.82, 2.24) is 9.88 Å². The lowest BCUT2D eigenvalue weighted by atomic mass is 10.2. The third kappa shape index (κ3) is 3.34. The monoisotopic (exact) mass is 328 g/mol. The normalized spacial score (nSPS) is 17.1. The molecule has 0 saturated carbocycles. The Bertz CT molecular complexity index is 763. The van der Waals surface area contributed by atoms with Gasteiger partial charge in [-0.2, -0.15) is 0 Å². The van der Waals surface area contributed by atoms with Crippen molar-refractivity contribution in [2.45, 2.75) is 19.0 Å². The Morgan fingerprint density at radius 1 is 1.33 bits per heavy atom. The van der Waals surface area contributed by atoms with Gasteiger partial charge in [-0.3, -0.25) is 14.6 Å². The second kappa shape index (κ2) is 6.66. The van der Waals surface area contributed by atoms with E-state index >= 15 is 0 Å². The fourth-order valence-corrected chi connectivity index (χ4v) is 2.74. The number of carbonyl (C=O) groups is 2. The number of halogens is 1. The summed E-state index contributed by atoms with van der Waals surface area (Å²) in [5.41, 5.74) is 6.94. The van der Waals surface area contributed by atoms with Gasteiger partial charge in [-0.1, -0.05) is 12.1 Å². The fraction of sp³-hybridized carbons (Fsp3) is 0.235. The maximum absolute atomic E-state index is 13.0. The van der Waals surface area contributed by atoms with Crippen molar-refractivity contribution in [3.63, 3.8) is 0 Å². The van der Waals surface area contributed by atoms with Gasteiger partial charge in [-0.25, -0.2) is 4.39 Å². The van der Waals surface area contributed by atoms with Gasteiger partial charge >= 0.3 is 0 Å². The molecule has 24 heavy (non-hydrogen) atoms. The van der Waals surface area contributed by atoms with E-state index in [4.69, 9.17) is 5.73 Å². The highest BCUT2D eigenvalue weighted by atomic mass is 19.1. The van der Waals surface area contributed by atoms with Crippen LogP contribution in [-0.4, -0.2) is 34.3 Å². The standard InChI is InChI=1S/C17H17FN4O2/c18-12-3-1-11(2-4-12)10-22-8-6-15(17(22)24)21-14-5-7-20-9-13(14)16(19)23/h1-5,7,9,15H,6,8,10H2,(H2,19,23)(H,20,21). The largest absolute Gasteiger partial charge is 0.373 e. The molecule has 0 radical (unpaired) electrons. The number of nitrogens with two attached hydrogens (primary N) is 1. The van der Waals surface area contributed by atoms with Crippen LogP contribution in [-0.2, 0) is 11.3 Å². The van der Waals surface area contributed by atoms with Crippen LogP contribution in [0.25, 0.3) is 0 Å². The van der Waals surface area contributed by atoms with E-state index in [2.05, 4.69) is 10.3 Å². The summed E-state index contributed by atoms with van der Waals surface area (Å²) in [4.78, 5) is 29.5. The molecule has 1 fully saturated rings. The highest BCUT2D eigenvalue weighted by Crippen LogP contribution is 2.21. The van der Waals surface area contributed by atoms with E-state index in [1.165, 1.54) is 24.5 Å². The van der Waals surface area contributed by atoms with Crippen LogP contribution < -0.4 is 11.1 Å². The molecule has 124 valence electrons. The van der Waals surface area contributed by atoms with Crippen molar-refractivity contribution in [2.24, 2.45) is 5.73 Å². The molecule has 7 heteroatoms. The number of aromatic nitrogens is 1. The number of anilines is 1. The van der Waals surface area contributed by atoms with Crippen LogP contribution in [0.2, 0.25) is 0 Å². The van der Waals surface area contributed by atoms with Crippen LogP contribution in [0.4, 0.5) is 10.1 Å². The van der Waals surface area contributed by atoms with Crippen molar-refractivity contribution in [3.8, 4) is 0 Å². The van der Waals surface area contributed by atoms with E-state index in [9.17, 15) is 14.0 Å². The first kappa shape index (κ1) is 15.9. The molecule has 1 unspecified atom stereocenters. The van der Waals surface area contributed by atoms with E-state index in [0.29, 0.717) is 25.2 Å². The van der Waals surface area contributed by atoms with Gasteiger partial charge in [0.2, 0.25) is 5.91 Å². The quantitative estimate of drug-likeness (QED) is 0.871. The van der Waals surface area contributed by atoms with Crippen LogP contribution in [0.1, 0.15) is 22.3 Å². The molecule has 0 aliphatic carbocycles. The maximum Gasteiger partial charge on any atom is 0.252 e. The minimum Gasteiger partial charge on any atom is -0.373 e. The fourth-order valence-electron chi connectivity index (χ4n) is 2.74. The van der Waals surface area contributed by atoms with E-state index in [1.807, 2.05) is 0 Å². The predicted octanol–water partition coefficient (Wildman–Crippen LogP) is 1.53. The van der Waals surface area contributed by atoms with Crippen LogP contribution in [0.5, 0.6) is 0 Å². The molecule has 1 aliphatic rings. The Hall–Kier alpha value is -2.96. The summed E-state index contributed by atoms with van der Waals surface area (Å²) in [6.45, 7) is 1.02. The first-order chi connectivity index (χ1) is 11.5. The Kier molecular flexibility index (Phi) is 4.41. The van der Waals surface area contributed by atoms with Gasteiger partial charge in [0.25, 0.3) is 5.91 Å². The SMILES string of the molecule is NC(=O)c1cnccc1NC1CCN(Cc2ccc(F)cc2)C1=O. The van der Waals surface area contributed by atoms with Crippen molar-refractivity contribution in [1.29, 1.82) is 0 Å². The molecular weight excluding hydrogens is 311 g/mol. The third-order valence-corrected chi connectivity index (χ3v) is 4.00. The zero-order valence-electron chi connectivity index (χ0n) is 12.9. The molecule has 1 aromatic heterocycles. The summed E-state index contributed by atoms with van der Waals surface area (Å²) in [6, 6.07) is 7.28. The van der Waals surface area contributed by atoms with Crippen molar-refractivity contribution in [2.75, 3.05) is 11.9 Å². The summed E-state index contributed by atoms with van der Waals surface area (Å²) in [6.07, 6.45) is 3.52. The van der Waals surface area contributed by atoms with Gasteiger partial charge in [-0.15, -0.1) is 0 Å². The summed E-state index contributed by atoms with van der Waals surface area (Å²) in [5, 5.41) is 3.07. The summed E-state index contributed by atoms with van der Waals surface area (Å²) < 4.78 is 13.0. The molecule has 2 heterocycles. The lowest BCUT2D eigenvalue weighted by Crippen LogP contribution is -2.33. The van der Waals surface area contributed by atoms with Gasteiger partial charge in [-0.05, 0) is 30.2 Å². The molecule has 3 N–H and O–H groups in total. The van der Waals surface area contributed by atoms with Crippen molar-refractivity contribution < 1.29 is 14.0 Å². The van der Waals surface area contributed by atoms with Crippen molar-refractivity contribution >= 4 is 17.5 Å². The molecule has 2 amide bonds. The Morgan fingerprint density at radius 2 is 2.08 bits per heavy atom. The molecule has 6 nitrogen and oxygen atoms in total. The summed E-state index contributed by atoms with van der Waals surface area (Å²) in [5.74, 6) is -0.964. The summed E-state index contributed by atoms with van der Waals surface area (Å²) in [7, 11) is 0. The first-order valence-corrected chi connectivity index (χ1v) is 7.58. The minimum absolute atomic E-state index is 0.0634. The Balaban J connectivity index is 1.68. The van der Waals surface area contributed by atoms with Crippen LogP contribution in [0, 0.1) is 5.82 Å². The number of nitrogens with one attached hydrogen (secondary N) is 1. The number of likely N-dealkylation sites (tertiary alicyclic amines) is 1. The number of primary amides is 1. The molecule has 1 atom stereocenters. The predicted molar refractivity (Wildman–Crippen MR) is 86.6 cm³/mol. The number of pyridine rings is 1. The lowest BCUT2D eigenvalue weighted by molar-refractivity contribution is -0.128. The van der Waals surface area contributed by atoms with Gasteiger partial charge in [0, 0.05) is 25.5 Å². The molecule has 0 bridgehead atoms. The van der Waals surface area contributed by atoms with Crippen LogP contribution in [0.3, 0.4) is 0 Å². The van der Waals surface area contributed by atoms with Gasteiger partial charge in [0.15, 0.2) is 0 Å². The number of nitrogens with zero attached hydrogens (tertiary/aromatic N) is 2. The smallest absolute Gasteiger partial charge is 0.252 e. The number of hydrogen-bond acceptors (Lipinski definition) is 4. The minimum atomic E-state index is -0.598. The van der Waals surface area contributed by atoms with Gasteiger partial charge in [0.05, 0.1) is 11.3 Å². The average Bonchev–Trinajstić information content (AvgIpc) is 2.90. The molecular formula is C17H17FN4O2. The second-order valence-electron chi connectivity index (χ2n) is 5.66. The summed E-state index contributed by atoms with van der Waals surface area (Å²) >= 11 is 0. The first-order valence-electron chi connectivity index (χ1n) is 7.58.